The Morgan fingerprint density at radius 2 is 1.54 bits per heavy atom. The third kappa shape index (κ3) is 4.09. The lowest BCUT2D eigenvalue weighted by Crippen LogP contribution is -2.16. The van der Waals surface area contributed by atoms with Crippen molar-refractivity contribution < 1.29 is 26.4 Å². The molecule has 0 bridgehead atoms. The second-order valence-electron chi connectivity index (χ2n) is 5.38. The molecule has 0 fully saturated rings. The summed E-state index contributed by atoms with van der Waals surface area (Å²) in [5.74, 6) is -5.94. The van der Waals surface area contributed by atoms with Crippen molar-refractivity contribution in [1.29, 1.82) is 0 Å². The van der Waals surface area contributed by atoms with Gasteiger partial charge in [0.25, 0.3) is 15.9 Å². The SMILES string of the molecule is O=C(Nc1ccc(S(=O)(=O)Nc2ncccn2)cc1)c1ccc(F)c(F)c1F. The maximum absolute atomic E-state index is 13.7. The molecule has 0 aliphatic rings. The minimum Gasteiger partial charge on any atom is -0.322 e. The van der Waals surface area contributed by atoms with Gasteiger partial charge in [0.15, 0.2) is 17.5 Å². The molecule has 0 unspecified atom stereocenters. The molecule has 7 nitrogen and oxygen atoms in total. The molecule has 28 heavy (non-hydrogen) atoms. The van der Waals surface area contributed by atoms with Crippen LogP contribution in [0.1, 0.15) is 10.4 Å². The van der Waals surface area contributed by atoms with Crippen LogP contribution in [0.2, 0.25) is 0 Å². The normalized spacial score (nSPS) is 11.1. The first-order valence-corrected chi connectivity index (χ1v) is 9.11. The number of hydrogen-bond acceptors (Lipinski definition) is 5. The molecule has 0 atom stereocenters. The first kappa shape index (κ1) is 19.3. The fourth-order valence-corrected chi connectivity index (χ4v) is 3.11. The summed E-state index contributed by atoms with van der Waals surface area (Å²) in [6, 6.07) is 7.80. The van der Waals surface area contributed by atoms with Crippen molar-refractivity contribution in [3.05, 3.63) is 77.9 Å². The van der Waals surface area contributed by atoms with Gasteiger partial charge in [0.2, 0.25) is 5.95 Å². The number of aromatic nitrogens is 2. The van der Waals surface area contributed by atoms with Crippen LogP contribution >= 0.6 is 0 Å². The zero-order valence-electron chi connectivity index (χ0n) is 13.9. The number of nitrogens with one attached hydrogen (secondary N) is 2. The van der Waals surface area contributed by atoms with E-state index in [4.69, 9.17) is 0 Å². The molecule has 0 spiro atoms. The van der Waals surface area contributed by atoms with Gasteiger partial charge in [-0.2, -0.15) is 0 Å². The molecule has 1 heterocycles. The number of amides is 1. The third-order valence-electron chi connectivity index (χ3n) is 3.49. The molecule has 1 aromatic heterocycles. The predicted octanol–water partition coefficient (Wildman–Crippen LogP) is 2.95. The van der Waals surface area contributed by atoms with E-state index < -0.39 is 38.9 Å². The molecule has 0 saturated heterocycles. The van der Waals surface area contributed by atoms with Gasteiger partial charge >= 0.3 is 0 Å². The summed E-state index contributed by atoms with van der Waals surface area (Å²) in [4.78, 5) is 19.4. The number of carbonyl (C=O) groups excluding carboxylic acids is 1. The summed E-state index contributed by atoms with van der Waals surface area (Å²) >= 11 is 0. The Morgan fingerprint density at radius 1 is 0.893 bits per heavy atom. The van der Waals surface area contributed by atoms with Crippen LogP contribution in [0.15, 0.2) is 59.8 Å². The monoisotopic (exact) mass is 408 g/mol. The Morgan fingerprint density at radius 3 is 2.18 bits per heavy atom. The topological polar surface area (TPSA) is 101 Å². The van der Waals surface area contributed by atoms with E-state index in [9.17, 15) is 26.4 Å². The Labute approximate surface area is 157 Å². The highest BCUT2D eigenvalue weighted by atomic mass is 32.2. The minimum absolute atomic E-state index is 0.115. The van der Waals surface area contributed by atoms with Crippen molar-refractivity contribution in [2.24, 2.45) is 0 Å². The van der Waals surface area contributed by atoms with E-state index in [2.05, 4.69) is 20.0 Å². The van der Waals surface area contributed by atoms with Crippen molar-refractivity contribution >= 4 is 27.6 Å². The molecule has 1 amide bonds. The van der Waals surface area contributed by atoms with Gasteiger partial charge in [0.1, 0.15) is 0 Å². The van der Waals surface area contributed by atoms with Crippen molar-refractivity contribution in [2.45, 2.75) is 4.90 Å². The van der Waals surface area contributed by atoms with Crippen LogP contribution in [-0.2, 0) is 10.0 Å². The maximum Gasteiger partial charge on any atom is 0.264 e. The second-order valence-corrected chi connectivity index (χ2v) is 7.06. The van der Waals surface area contributed by atoms with Crippen molar-refractivity contribution in [2.75, 3.05) is 10.0 Å². The lowest BCUT2D eigenvalue weighted by atomic mass is 10.1. The Bertz CT molecular complexity index is 1120. The molecule has 0 radical (unpaired) electrons. The van der Waals surface area contributed by atoms with Gasteiger partial charge < -0.3 is 5.32 Å². The van der Waals surface area contributed by atoms with Gasteiger partial charge in [-0.15, -0.1) is 0 Å². The van der Waals surface area contributed by atoms with Gasteiger partial charge in [-0.05, 0) is 42.5 Å². The molecule has 0 saturated carbocycles. The largest absolute Gasteiger partial charge is 0.322 e. The smallest absolute Gasteiger partial charge is 0.264 e. The maximum atomic E-state index is 13.7. The molecule has 2 aromatic carbocycles. The van der Waals surface area contributed by atoms with Crippen molar-refractivity contribution in [1.82, 2.24) is 9.97 Å². The number of rotatable bonds is 5. The van der Waals surface area contributed by atoms with E-state index in [1.54, 1.807) is 0 Å². The number of hydrogen-bond donors (Lipinski definition) is 2. The fraction of sp³-hybridized carbons (Fsp3) is 0. The van der Waals surface area contributed by atoms with Crippen molar-refractivity contribution in [3.63, 3.8) is 0 Å². The average molecular weight is 408 g/mol. The van der Waals surface area contributed by atoms with E-state index in [0.717, 1.165) is 6.07 Å². The molecule has 11 heteroatoms. The first-order valence-electron chi connectivity index (χ1n) is 7.62. The highest BCUT2D eigenvalue weighted by molar-refractivity contribution is 7.92. The third-order valence-corrected chi connectivity index (χ3v) is 4.84. The quantitative estimate of drug-likeness (QED) is 0.632. The predicted molar refractivity (Wildman–Crippen MR) is 93.6 cm³/mol. The van der Waals surface area contributed by atoms with Gasteiger partial charge in [0.05, 0.1) is 10.5 Å². The van der Waals surface area contributed by atoms with Crippen LogP contribution in [0.4, 0.5) is 24.8 Å². The Kier molecular flexibility index (Phi) is 5.27. The lowest BCUT2D eigenvalue weighted by molar-refractivity contribution is 0.102. The Hall–Kier alpha value is -3.47. The summed E-state index contributed by atoms with van der Waals surface area (Å²) < 4.78 is 66.6. The van der Waals surface area contributed by atoms with Gasteiger partial charge in [-0.25, -0.2) is 36.3 Å². The van der Waals surface area contributed by atoms with E-state index >= 15 is 0 Å². The second kappa shape index (κ2) is 7.64. The molecule has 3 rings (SSSR count). The van der Waals surface area contributed by atoms with Crippen LogP contribution < -0.4 is 10.0 Å². The van der Waals surface area contributed by atoms with Crippen LogP contribution in [0, 0.1) is 17.5 Å². The molecule has 0 aliphatic carbocycles. The van der Waals surface area contributed by atoms with Crippen LogP contribution in [0.3, 0.4) is 0 Å². The summed E-state index contributed by atoms with van der Waals surface area (Å²) in [5.41, 5.74) is -0.581. The molecule has 2 N–H and O–H groups in total. The molecular weight excluding hydrogens is 397 g/mol. The molecule has 0 aliphatic heterocycles. The minimum atomic E-state index is -3.97. The molecule has 144 valence electrons. The van der Waals surface area contributed by atoms with Gasteiger partial charge in [-0.3, -0.25) is 4.79 Å². The van der Waals surface area contributed by atoms with Crippen LogP contribution in [-0.4, -0.2) is 24.3 Å². The first-order chi connectivity index (χ1) is 13.3. The summed E-state index contributed by atoms with van der Waals surface area (Å²) in [7, 11) is -3.97. The summed E-state index contributed by atoms with van der Waals surface area (Å²) in [5, 5.41) is 2.27. The van der Waals surface area contributed by atoms with E-state index in [-0.39, 0.29) is 16.5 Å². The number of benzene rings is 2. The van der Waals surface area contributed by atoms with E-state index in [1.807, 2.05) is 0 Å². The van der Waals surface area contributed by atoms with Crippen LogP contribution in [0.5, 0.6) is 0 Å². The highest BCUT2D eigenvalue weighted by Gasteiger charge is 2.19. The van der Waals surface area contributed by atoms with E-state index in [1.165, 1.54) is 42.7 Å². The standard InChI is InChI=1S/C17H11F3N4O3S/c18-13-7-6-12(14(19)15(13)20)16(25)23-10-2-4-11(5-3-10)28(26,27)24-17-21-8-1-9-22-17/h1-9H,(H,23,25)(H,21,22,24). The highest BCUT2D eigenvalue weighted by Crippen LogP contribution is 2.19. The number of nitrogens with zero attached hydrogens (tertiary/aromatic N) is 2. The molecular formula is C17H11F3N4O3S. The number of carbonyl (C=O) groups is 1. The number of sulfonamides is 1. The molecule has 3 aromatic rings. The summed E-state index contributed by atoms with van der Waals surface area (Å²) in [6.07, 6.45) is 2.72. The fourth-order valence-electron chi connectivity index (χ4n) is 2.15. The van der Waals surface area contributed by atoms with Gasteiger partial charge in [-0.1, -0.05) is 0 Å². The average Bonchev–Trinajstić information content (AvgIpc) is 2.67. The Balaban J connectivity index is 1.76. The van der Waals surface area contributed by atoms with E-state index in [0.29, 0.717) is 6.07 Å². The zero-order valence-corrected chi connectivity index (χ0v) is 14.7. The van der Waals surface area contributed by atoms with Crippen molar-refractivity contribution in [3.8, 4) is 0 Å². The van der Waals surface area contributed by atoms with Crippen LogP contribution in [0.25, 0.3) is 0 Å². The number of anilines is 2. The number of halogens is 3. The summed E-state index contributed by atoms with van der Waals surface area (Å²) in [6.45, 7) is 0. The zero-order chi connectivity index (χ0) is 20.3. The lowest BCUT2D eigenvalue weighted by Gasteiger charge is -2.09. The van der Waals surface area contributed by atoms with Gasteiger partial charge in [0, 0.05) is 18.1 Å².